The van der Waals surface area contributed by atoms with Gasteiger partial charge in [-0.3, -0.25) is 0 Å². The summed E-state index contributed by atoms with van der Waals surface area (Å²) in [5.74, 6) is 0.765. The fraction of sp³-hybridized carbons (Fsp3) is 0.600. The van der Waals surface area contributed by atoms with Gasteiger partial charge in [-0.1, -0.05) is 48.3 Å². The van der Waals surface area contributed by atoms with E-state index in [0.717, 1.165) is 19.0 Å². The highest BCUT2D eigenvalue weighted by atomic mass is 79.9. The molecule has 0 spiro atoms. The van der Waals surface area contributed by atoms with Crippen LogP contribution in [0.25, 0.3) is 0 Å². The number of benzene rings is 1. The lowest BCUT2D eigenvalue weighted by Gasteiger charge is -2.17. The predicted molar refractivity (Wildman–Crippen MR) is 79.4 cm³/mol. The highest BCUT2D eigenvalue weighted by Gasteiger charge is 2.08. The second-order valence-electron chi connectivity index (χ2n) is 4.69. The van der Waals surface area contributed by atoms with Crippen LogP contribution in [0.3, 0.4) is 0 Å². The van der Waals surface area contributed by atoms with Crippen molar-refractivity contribution < 1.29 is 0 Å². The van der Waals surface area contributed by atoms with Gasteiger partial charge in [0, 0.05) is 4.47 Å². The molecule has 96 valence electrons. The van der Waals surface area contributed by atoms with Crippen LogP contribution in [-0.4, -0.2) is 13.1 Å². The minimum atomic E-state index is 0.765. The molecule has 1 aromatic carbocycles. The Labute approximate surface area is 114 Å². The van der Waals surface area contributed by atoms with Crippen molar-refractivity contribution in [3.05, 3.63) is 34.3 Å². The quantitative estimate of drug-likeness (QED) is 0.701. The SMILES string of the molecule is CCCNCC(CCC)Cc1cccc(Br)c1. The van der Waals surface area contributed by atoms with Crippen LogP contribution in [0.15, 0.2) is 28.7 Å². The molecule has 0 bridgehead atoms. The number of halogens is 1. The van der Waals surface area contributed by atoms with Crippen molar-refractivity contribution in [3.63, 3.8) is 0 Å². The molecule has 0 amide bonds. The first-order chi connectivity index (χ1) is 8.26. The first-order valence-corrected chi connectivity index (χ1v) is 7.50. The minimum Gasteiger partial charge on any atom is -0.316 e. The second-order valence-corrected chi connectivity index (χ2v) is 5.61. The van der Waals surface area contributed by atoms with Gasteiger partial charge in [-0.2, -0.15) is 0 Å². The Hall–Kier alpha value is -0.340. The Kier molecular flexibility index (Phi) is 7.54. The Morgan fingerprint density at radius 2 is 2.06 bits per heavy atom. The van der Waals surface area contributed by atoms with Gasteiger partial charge in [-0.25, -0.2) is 0 Å². The molecule has 0 heterocycles. The molecular weight excluding hydrogens is 274 g/mol. The van der Waals surface area contributed by atoms with Crippen LogP contribution >= 0.6 is 15.9 Å². The smallest absolute Gasteiger partial charge is 0.0177 e. The van der Waals surface area contributed by atoms with Crippen molar-refractivity contribution in [2.24, 2.45) is 5.92 Å². The van der Waals surface area contributed by atoms with E-state index >= 15 is 0 Å². The van der Waals surface area contributed by atoms with Gasteiger partial charge in [-0.15, -0.1) is 0 Å². The van der Waals surface area contributed by atoms with E-state index in [4.69, 9.17) is 0 Å². The molecule has 0 fully saturated rings. The molecule has 1 nitrogen and oxygen atoms in total. The molecule has 0 aliphatic rings. The second kappa shape index (κ2) is 8.71. The summed E-state index contributed by atoms with van der Waals surface area (Å²) in [5.41, 5.74) is 1.44. The third-order valence-corrected chi connectivity index (χ3v) is 3.46. The maximum absolute atomic E-state index is 3.54. The molecule has 1 aromatic rings. The number of rotatable bonds is 8. The van der Waals surface area contributed by atoms with Crippen molar-refractivity contribution >= 4 is 15.9 Å². The zero-order valence-electron chi connectivity index (χ0n) is 11.0. The predicted octanol–water partition coefficient (Wildman–Crippen LogP) is 4.41. The average molecular weight is 298 g/mol. The molecule has 0 saturated carbocycles. The van der Waals surface area contributed by atoms with Gasteiger partial charge in [0.05, 0.1) is 0 Å². The van der Waals surface area contributed by atoms with Crippen molar-refractivity contribution in [3.8, 4) is 0 Å². The molecule has 2 heteroatoms. The van der Waals surface area contributed by atoms with E-state index in [2.05, 4.69) is 59.4 Å². The van der Waals surface area contributed by atoms with Crippen LogP contribution < -0.4 is 5.32 Å². The molecule has 0 aromatic heterocycles. The van der Waals surface area contributed by atoms with Crippen molar-refractivity contribution in [2.75, 3.05) is 13.1 Å². The summed E-state index contributed by atoms with van der Waals surface area (Å²) in [7, 11) is 0. The average Bonchev–Trinajstić information content (AvgIpc) is 2.29. The summed E-state index contributed by atoms with van der Waals surface area (Å²) in [4.78, 5) is 0. The highest BCUT2D eigenvalue weighted by molar-refractivity contribution is 9.10. The van der Waals surface area contributed by atoms with Gasteiger partial charge >= 0.3 is 0 Å². The van der Waals surface area contributed by atoms with Gasteiger partial charge in [0.25, 0.3) is 0 Å². The molecule has 0 aliphatic carbocycles. The van der Waals surface area contributed by atoms with E-state index in [0.29, 0.717) is 0 Å². The van der Waals surface area contributed by atoms with Gasteiger partial charge < -0.3 is 5.32 Å². The first-order valence-electron chi connectivity index (χ1n) is 6.71. The van der Waals surface area contributed by atoms with Crippen molar-refractivity contribution in [2.45, 2.75) is 39.5 Å². The first kappa shape index (κ1) is 14.7. The van der Waals surface area contributed by atoms with Gasteiger partial charge in [-0.05, 0) is 56.0 Å². The van der Waals surface area contributed by atoms with E-state index in [1.165, 1.54) is 35.7 Å². The van der Waals surface area contributed by atoms with E-state index < -0.39 is 0 Å². The minimum absolute atomic E-state index is 0.765. The Balaban J connectivity index is 2.47. The molecule has 1 atom stereocenters. The molecule has 1 rings (SSSR count). The molecule has 1 N–H and O–H groups in total. The summed E-state index contributed by atoms with van der Waals surface area (Å²) < 4.78 is 1.19. The monoisotopic (exact) mass is 297 g/mol. The lowest BCUT2D eigenvalue weighted by Crippen LogP contribution is -2.25. The zero-order chi connectivity index (χ0) is 12.5. The lowest BCUT2D eigenvalue weighted by molar-refractivity contribution is 0.439. The fourth-order valence-corrected chi connectivity index (χ4v) is 2.61. The number of hydrogen-bond acceptors (Lipinski definition) is 1. The summed E-state index contributed by atoms with van der Waals surface area (Å²) in [6.45, 7) is 6.77. The third kappa shape index (κ3) is 6.23. The number of nitrogens with one attached hydrogen (secondary N) is 1. The van der Waals surface area contributed by atoms with Crippen LogP contribution in [-0.2, 0) is 6.42 Å². The molecular formula is C15H24BrN. The molecule has 17 heavy (non-hydrogen) atoms. The van der Waals surface area contributed by atoms with E-state index in [-0.39, 0.29) is 0 Å². The fourth-order valence-electron chi connectivity index (χ4n) is 2.16. The van der Waals surface area contributed by atoms with Crippen LogP contribution in [0.2, 0.25) is 0 Å². The van der Waals surface area contributed by atoms with Crippen LogP contribution in [0.1, 0.15) is 38.7 Å². The highest BCUT2D eigenvalue weighted by Crippen LogP contribution is 2.17. The zero-order valence-corrected chi connectivity index (χ0v) is 12.6. The Morgan fingerprint density at radius 1 is 1.24 bits per heavy atom. The summed E-state index contributed by atoms with van der Waals surface area (Å²) in [6.07, 6.45) is 4.98. The van der Waals surface area contributed by atoms with E-state index in [1.807, 2.05) is 0 Å². The van der Waals surface area contributed by atoms with Gasteiger partial charge in [0.2, 0.25) is 0 Å². The summed E-state index contributed by atoms with van der Waals surface area (Å²) in [6, 6.07) is 8.69. The van der Waals surface area contributed by atoms with Gasteiger partial charge in [0.15, 0.2) is 0 Å². The van der Waals surface area contributed by atoms with Crippen LogP contribution in [0.4, 0.5) is 0 Å². The molecule has 0 aliphatic heterocycles. The van der Waals surface area contributed by atoms with Gasteiger partial charge in [0.1, 0.15) is 0 Å². The molecule has 0 saturated heterocycles. The van der Waals surface area contributed by atoms with Crippen LogP contribution in [0.5, 0.6) is 0 Å². The normalized spacial score (nSPS) is 12.6. The number of hydrogen-bond donors (Lipinski definition) is 1. The summed E-state index contributed by atoms with van der Waals surface area (Å²) in [5, 5.41) is 3.54. The maximum Gasteiger partial charge on any atom is 0.0177 e. The third-order valence-electron chi connectivity index (χ3n) is 2.97. The van der Waals surface area contributed by atoms with Crippen molar-refractivity contribution in [1.29, 1.82) is 0 Å². The van der Waals surface area contributed by atoms with Crippen molar-refractivity contribution in [1.82, 2.24) is 5.32 Å². The molecule has 1 unspecified atom stereocenters. The van der Waals surface area contributed by atoms with E-state index in [1.54, 1.807) is 0 Å². The molecule has 0 radical (unpaired) electrons. The lowest BCUT2D eigenvalue weighted by atomic mass is 9.95. The standard InChI is InChI=1S/C15H24BrN/c1-3-6-14(12-17-9-4-2)10-13-7-5-8-15(16)11-13/h5,7-8,11,14,17H,3-4,6,9-10,12H2,1-2H3. The topological polar surface area (TPSA) is 12.0 Å². The maximum atomic E-state index is 3.54. The van der Waals surface area contributed by atoms with E-state index in [9.17, 15) is 0 Å². The summed E-state index contributed by atoms with van der Waals surface area (Å²) >= 11 is 3.54. The van der Waals surface area contributed by atoms with Crippen LogP contribution in [0, 0.1) is 5.92 Å². The Bertz CT molecular complexity index is 312. The Morgan fingerprint density at radius 3 is 2.71 bits per heavy atom. The largest absolute Gasteiger partial charge is 0.316 e.